The Labute approximate surface area is 180 Å². The summed E-state index contributed by atoms with van der Waals surface area (Å²) in [5.41, 5.74) is 4.47. The summed E-state index contributed by atoms with van der Waals surface area (Å²) < 4.78 is 5.34. The fraction of sp³-hybridized carbons (Fsp3) is 0.273. The molecule has 2 heterocycles. The summed E-state index contributed by atoms with van der Waals surface area (Å²) in [6.45, 7) is 4.19. The number of nitrogens with zero attached hydrogens (tertiary/aromatic N) is 5. The molecular weight excluding hydrogens is 394 g/mol. The summed E-state index contributed by atoms with van der Waals surface area (Å²) in [6.07, 6.45) is 3.82. The zero-order valence-corrected chi connectivity index (χ0v) is 17.3. The molecule has 160 valence electrons. The van der Waals surface area contributed by atoms with Crippen molar-refractivity contribution in [2.75, 3.05) is 35.3 Å². The van der Waals surface area contributed by atoms with Gasteiger partial charge in [-0.05, 0) is 55.7 Å². The number of phenolic OH excluding ortho intramolecular Hbond substituents is 1. The van der Waals surface area contributed by atoms with E-state index < -0.39 is 0 Å². The summed E-state index contributed by atoms with van der Waals surface area (Å²) in [5.74, 6) is 1.90. The van der Waals surface area contributed by atoms with Gasteiger partial charge in [0.2, 0.25) is 17.8 Å². The van der Waals surface area contributed by atoms with Gasteiger partial charge in [-0.2, -0.15) is 20.1 Å². The molecule has 3 aromatic rings. The number of anilines is 4. The van der Waals surface area contributed by atoms with E-state index in [1.807, 2.05) is 37.3 Å². The van der Waals surface area contributed by atoms with E-state index in [0.717, 1.165) is 31.6 Å². The first-order chi connectivity index (χ1) is 15.2. The van der Waals surface area contributed by atoms with E-state index in [1.54, 1.807) is 24.4 Å². The SMILES string of the molecule is CCOc1ccc(/C=N/Nc2nc(Nc3ccccc3)nc(N3CCCC3)n2)cc1O. The number of hydrazone groups is 1. The Hall–Kier alpha value is -3.88. The number of nitrogens with one attached hydrogen (secondary N) is 2. The monoisotopic (exact) mass is 419 g/mol. The van der Waals surface area contributed by atoms with Gasteiger partial charge < -0.3 is 20.1 Å². The van der Waals surface area contributed by atoms with Crippen LogP contribution in [0.3, 0.4) is 0 Å². The third-order valence-corrected chi connectivity index (χ3v) is 4.70. The van der Waals surface area contributed by atoms with Gasteiger partial charge in [-0.3, -0.25) is 0 Å². The lowest BCUT2D eigenvalue weighted by Crippen LogP contribution is -2.21. The van der Waals surface area contributed by atoms with Crippen molar-refractivity contribution in [1.82, 2.24) is 15.0 Å². The number of benzene rings is 2. The second kappa shape index (κ2) is 9.75. The molecule has 0 radical (unpaired) electrons. The number of rotatable bonds is 8. The van der Waals surface area contributed by atoms with Crippen LogP contribution < -0.4 is 20.4 Å². The van der Waals surface area contributed by atoms with E-state index in [4.69, 9.17) is 4.74 Å². The summed E-state index contributed by atoms with van der Waals surface area (Å²) in [6, 6.07) is 14.8. The summed E-state index contributed by atoms with van der Waals surface area (Å²) in [7, 11) is 0. The van der Waals surface area contributed by atoms with Crippen molar-refractivity contribution in [1.29, 1.82) is 0 Å². The maximum Gasteiger partial charge on any atom is 0.250 e. The van der Waals surface area contributed by atoms with Crippen molar-refractivity contribution < 1.29 is 9.84 Å². The second-order valence-corrected chi connectivity index (χ2v) is 7.00. The first-order valence-electron chi connectivity index (χ1n) is 10.3. The van der Waals surface area contributed by atoms with Crippen LogP contribution in [0.2, 0.25) is 0 Å². The van der Waals surface area contributed by atoms with Gasteiger partial charge >= 0.3 is 0 Å². The Bertz CT molecular complexity index is 1040. The van der Waals surface area contributed by atoms with Crippen molar-refractivity contribution in [2.45, 2.75) is 19.8 Å². The molecule has 31 heavy (non-hydrogen) atoms. The molecule has 0 unspecified atom stereocenters. The molecule has 0 spiro atoms. The van der Waals surface area contributed by atoms with Crippen LogP contribution in [0.1, 0.15) is 25.3 Å². The summed E-state index contributed by atoms with van der Waals surface area (Å²) in [5, 5.41) is 17.5. The van der Waals surface area contributed by atoms with Gasteiger partial charge in [-0.25, -0.2) is 5.43 Å². The van der Waals surface area contributed by atoms with Crippen molar-refractivity contribution in [2.24, 2.45) is 5.10 Å². The molecule has 3 N–H and O–H groups in total. The lowest BCUT2D eigenvalue weighted by atomic mass is 10.2. The van der Waals surface area contributed by atoms with Gasteiger partial charge in [0.1, 0.15) is 0 Å². The molecule has 0 bridgehead atoms. The minimum atomic E-state index is 0.0663. The zero-order chi connectivity index (χ0) is 21.5. The average Bonchev–Trinajstić information content (AvgIpc) is 3.31. The molecule has 0 saturated carbocycles. The lowest BCUT2D eigenvalue weighted by Gasteiger charge is -2.16. The zero-order valence-electron chi connectivity index (χ0n) is 17.3. The molecule has 0 atom stereocenters. The molecule has 1 aromatic heterocycles. The normalized spacial score (nSPS) is 13.5. The highest BCUT2D eigenvalue weighted by atomic mass is 16.5. The van der Waals surface area contributed by atoms with Crippen LogP contribution in [0.4, 0.5) is 23.5 Å². The fourth-order valence-electron chi connectivity index (χ4n) is 3.24. The number of phenols is 1. The molecule has 9 heteroatoms. The predicted molar refractivity (Wildman–Crippen MR) is 121 cm³/mol. The van der Waals surface area contributed by atoms with Crippen molar-refractivity contribution in [3.8, 4) is 11.5 Å². The highest BCUT2D eigenvalue weighted by Crippen LogP contribution is 2.26. The van der Waals surface area contributed by atoms with Crippen molar-refractivity contribution in [3.63, 3.8) is 0 Å². The van der Waals surface area contributed by atoms with Crippen LogP contribution >= 0.6 is 0 Å². The van der Waals surface area contributed by atoms with Crippen LogP contribution in [0, 0.1) is 0 Å². The first-order valence-corrected chi connectivity index (χ1v) is 10.3. The van der Waals surface area contributed by atoms with Gasteiger partial charge in [0, 0.05) is 18.8 Å². The standard InChI is InChI=1S/C22H25N7O2/c1-2-31-19-11-10-16(14-18(19)30)15-23-28-21-25-20(24-17-8-4-3-5-9-17)26-22(27-21)29-12-6-7-13-29/h3-5,8-11,14-15,30H,2,6-7,12-13H2,1H3,(H2,24,25,26,27,28)/b23-15+. The Morgan fingerprint density at radius 1 is 1.06 bits per heavy atom. The van der Waals surface area contributed by atoms with Crippen molar-refractivity contribution >= 4 is 29.7 Å². The molecule has 1 saturated heterocycles. The Morgan fingerprint density at radius 3 is 2.58 bits per heavy atom. The van der Waals surface area contributed by atoms with Gasteiger partial charge in [0.05, 0.1) is 12.8 Å². The van der Waals surface area contributed by atoms with Crippen LogP contribution in [0.15, 0.2) is 53.6 Å². The quantitative estimate of drug-likeness (QED) is 0.374. The molecule has 1 aliphatic rings. The highest BCUT2D eigenvalue weighted by molar-refractivity contribution is 5.81. The van der Waals surface area contributed by atoms with E-state index in [1.165, 1.54) is 0 Å². The van der Waals surface area contributed by atoms with E-state index in [2.05, 4.69) is 35.7 Å². The largest absolute Gasteiger partial charge is 0.504 e. The highest BCUT2D eigenvalue weighted by Gasteiger charge is 2.17. The number of hydrogen-bond donors (Lipinski definition) is 3. The van der Waals surface area contributed by atoms with E-state index in [-0.39, 0.29) is 5.75 Å². The number of aromatic hydroxyl groups is 1. The molecule has 9 nitrogen and oxygen atoms in total. The maximum absolute atomic E-state index is 10.0. The molecule has 1 fully saturated rings. The topological polar surface area (TPSA) is 108 Å². The molecule has 0 amide bonds. The van der Waals surface area contributed by atoms with Gasteiger partial charge in [-0.15, -0.1) is 0 Å². The molecule has 0 aliphatic carbocycles. The van der Waals surface area contributed by atoms with Gasteiger partial charge in [-0.1, -0.05) is 18.2 Å². The van der Waals surface area contributed by atoms with E-state index >= 15 is 0 Å². The average molecular weight is 419 g/mol. The Morgan fingerprint density at radius 2 is 1.84 bits per heavy atom. The predicted octanol–water partition coefficient (Wildman–Crippen LogP) is 3.77. The van der Waals surface area contributed by atoms with Crippen LogP contribution in [0.25, 0.3) is 0 Å². The Balaban J connectivity index is 1.52. The third kappa shape index (κ3) is 5.39. The summed E-state index contributed by atoms with van der Waals surface area (Å²) >= 11 is 0. The van der Waals surface area contributed by atoms with E-state index in [9.17, 15) is 5.11 Å². The smallest absolute Gasteiger partial charge is 0.250 e. The molecule has 1 aliphatic heterocycles. The number of aromatic nitrogens is 3. The lowest BCUT2D eigenvalue weighted by molar-refractivity contribution is 0.318. The second-order valence-electron chi connectivity index (χ2n) is 7.00. The first kappa shape index (κ1) is 20.4. The number of hydrogen-bond acceptors (Lipinski definition) is 9. The number of ether oxygens (including phenoxy) is 1. The number of para-hydroxylation sites is 1. The van der Waals surface area contributed by atoms with Crippen LogP contribution in [0.5, 0.6) is 11.5 Å². The Kier molecular flexibility index (Phi) is 6.41. The van der Waals surface area contributed by atoms with Crippen LogP contribution in [-0.2, 0) is 0 Å². The molecular formula is C22H25N7O2. The third-order valence-electron chi connectivity index (χ3n) is 4.70. The minimum absolute atomic E-state index is 0.0663. The molecule has 4 rings (SSSR count). The summed E-state index contributed by atoms with van der Waals surface area (Å²) in [4.78, 5) is 15.7. The van der Waals surface area contributed by atoms with Gasteiger partial charge in [0.15, 0.2) is 11.5 Å². The van der Waals surface area contributed by atoms with Crippen LogP contribution in [-0.4, -0.2) is 46.0 Å². The van der Waals surface area contributed by atoms with Crippen molar-refractivity contribution in [3.05, 3.63) is 54.1 Å². The fourth-order valence-corrected chi connectivity index (χ4v) is 3.24. The molecule has 2 aromatic carbocycles. The maximum atomic E-state index is 10.0. The minimum Gasteiger partial charge on any atom is -0.504 e. The van der Waals surface area contributed by atoms with E-state index in [0.29, 0.717) is 35.8 Å². The van der Waals surface area contributed by atoms with Gasteiger partial charge in [0.25, 0.3) is 0 Å².